The summed E-state index contributed by atoms with van der Waals surface area (Å²) in [5.74, 6) is -0.991. The van der Waals surface area contributed by atoms with Crippen molar-refractivity contribution >= 4 is 15.9 Å². The summed E-state index contributed by atoms with van der Waals surface area (Å²) < 4.78 is 23.0. The van der Waals surface area contributed by atoms with Crippen LogP contribution < -0.4 is 5.48 Å². The van der Waals surface area contributed by atoms with E-state index in [2.05, 4.69) is 46.8 Å². The predicted octanol–water partition coefficient (Wildman–Crippen LogP) is 2.23. The largest absolute Gasteiger partial charge is 3.00 e. The van der Waals surface area contributed by atoms with E-state index >= 15 is 0 Å². The van der Waals surface area contributed by atoms with Crippen LogP contribution in [-0.2, 0) is 53.9 Å². The van der Waals surface area contributed by atoms with Crippen molar-refractivity contribution in [2.75, 3.05) is 13.1 Å². The molecular formula is C18H29N2O4SY. The smallest absolute Gasteiger partial charge is 0.329 e. The van der Waals surface area contributed by atoms with Gasteiger partial charge in [-0.05, 0) is 13.8 Å². The maximum atomic E-state index is 11.9. The molecule has 26 heavy (non-hydrogen) atoms. The molecule has 0 aliphatic rings. The zero-order chi connectivity index (χ0) is 19.8. The molecule has 0 fully saturated rings. The Kier molecular flexibility index (Phi) is 13.1. The summed E-state index contributed by atoms with van der Waals surface area (Å²) in [5.41, 5.74) is 5.44. The molecule has 1 amide bonds. The molecule has 1 aromatic carbocycles. The van der Waals surface area contributed by atoms with Gasteiger partial charge in [-0.3, -0.25) is 14.3 Å². The van der Waals surface area contributed by atoms with Gasteiger partial charge < -0.3 is 13.8 Å². The first-order valence-corrected chi connectivity index (χ1v) is 9.44. The number of carbonyl (C=O) groups is 1. The number of amides is 1. The summed E-state index contributed by atoms with van der Waals surface area (Å²) in [6, 6.07) is 7.32. The minimum Gasteiger partial charge on any atom is -0.329 e. The Bertz CT molecular complexity index is 672. The minimum atomic E-state index is -3.88. The van der Waals surface area contributed by atoms with E-state index < -0.39 is 20.7 Å². The molecule has 0 aliphatic heterocycles. The van der Waals surface area contributed by atoms with Crippen LogP contribution in [-0.4, -0.2) is 41.7 Å². The van der Waals surface area contributed by atoms with Crippen LogP contribution in [0, 0.1) is 33.8 Å². The average Bonchev–Trinajstić information content (AvgIpc) is 2.57. The summed E-state index contributed by atoms with van der Waals surface area (Å²) in [6.45, 7) is 15.7. The van der Waals surface area contributed by atoms with Crippen LogP contribution in [0.1, 0.15) is 37.5 Å². The van der Waals surface area contributed by atoms with Crippen molar-refractivity contribution in [2.24, 2.45) is 0 Å². The zero-order valence-corrected chi connectivity index (χ0v) is 19.9. The molecule has 0 heterocycles. The molecule has 0 unspecified atom stereocenters. The monoisotopic (exact) mass is 458 g/mol. The second kappa shape index (κ2) is 12.2. The molecule has 1 rings (SSSR count). The molecule has 0 bridgehead atoms. The first kappa shape index (κ1) is 27.9. The molecule has 0 radical (unpaired) electrons. The molecule has 1 aromatic rings. The summed E-state index contributed by atoms with van der Waals surface area (Å²) >= 11 is 0. The van der Waals surface area contributed by atoms with Crippen LogP contribution in [0.2, 0.25) is 0 Å². The van der Waals surface area contributed by atoms with E-state index in [4.69, 9.17) is 5.21 Å². The average molecular weight is 458 g/mol. The zero-order valence-electron chi connectivity index (χ0n) is 16.3. The third-order valence-corrected chi connectivity index (χ3v) is 6.66. The van der Waals surface area contributed by atoms with Gasteiger partial charge in [0, 0.05) is 0 Å². The number of aryl methyl sites for hydroxylation is 2. The first-order chi connectivity index (χ1) is 11.5. The van der Waals surface area contributed by atoms with Crippen molar-refractivity contribution in [3.63, 3.8) is 0 Å². The van der Waals surface area contributed by atoms with E-state index in [9.17, 15) is 13.2 Å². The Morgan fingerprint density at radius 3 is 2.15 bits per heavy atom. The quantitative estimate of drug-likeness (QED) is 0.389. The van der Waals surface area contributed by atoms with Crippen LogP contribution in [0.4, 0.5) is 0 Å². The number of rotatable bonds is 6. The molecule has 0 saturated heterocycles. The first-order valence-electron chi connectivity index (χ1n) is 8.00. The van der Waals surface area contributed by atoms with Crippen LogP contribution in [0.15, 0.2) is 12.1 Å². The maximum Gasteiger partial charge on any atom is 3.00 e. The van der Waals surface area contributed by atoms with Crippen molar-refractivity contribution in [1.29, 1.82) is 0 Å². The summed E-state index contributed by atoms with van der Waals surface area (Å²) in [7, 11) is -3.88. The summed E-state index contributed by atoms with van der Waals surface area (Å²) in [4.78, 5) is 11.2. The molecule has 0 spiro atoms. The molecule has 0 atom stereocenters. The summed E-state index contributed by atoms with van der Waals surface area (Å²) in [6.07, 6.45) is 1.13. The van der Waals surface area contributed by atoms with Gasteiger partial charge in [-0.1, -0.05) is 27.2 Å². The number of carbonyl (C=O) groups excluding carboxylic acids is 1. The summed E-state index contributed by atoms with van der Waals surface area (Å²) in [5, 5.41) is 8.45. The van der Waals surface area contributed by atoms with Crippen molar-refractivity contribution in [1.82, 2.24) is 9.79 Å². The molecule has 6 nitrogen and oxygen atoms in total. The Morgan fingerprint density at radius 1 is 1.31 bits per heavy atom. The Hall–Kier alpha value is -0.336. The van der Waals surface area contributed by atoms with E-state index in [1.165, 1.54) is 36.0 Å². The van der Waals surface area contributed by atoms with Crippen LogP contribution in [0.5, 0.6) is 0 Å². The van der Waals surface area contributed by atoms with E-state index in [0.29, 0.717) is 0 Å². The van der Waals surface area contributed by atoms with Crippen molar-refractivity contribution in [3.05, 3.63) is 48.7 Å². The van der Waals surface area contributed by atoms with Gasteiger partial charge in [-0.25, -0.2) is 13.9 Å². The number of nitrogens with zero attached hydrogens (tertiary/aromatic N) is 1. The Morgan fingerprint density at radius 2 is 1.81 bits per heavy atom. The minimum absolute atomic E-state index is 0. The molecule has 144 valence electrons. The van der Waals surface area contributed by atoms with Crippen molar-refractivity contribution in [3.8, 4) is 0 Å². The third-order valence-electron chi connectivity index (χ3n) is 4.14. The van der Waals surface area contributed by atoms with Gasteiger partial charge in [0.05, 0.1) is 0 Å². The molecular weight excluding hydrogens is 429 g/mol. The second-order valence-corrected chi connectivity index (χ2v) is 8.45. The fourth-order valence-corrected chi connectivity index (χ4v) is 3.46. The Labute approximate surface area is 183 Å². The number of hydroxylamine groups is 1. The van der Waals surface area contributed by atoms with Gasteiger partial charge in [-0.2, -0.15) is 34.9 Å². The number of benzene rings is 1. The third kappa shape index (κ3) is 6.68. The maximum absolute atomic E-state index is 11.9. The van der Waals surface area contributed by atoms with Gasteiger partial charge in [0.15, 0.2) is 4.75 Å². The molecule has 0 aliphatic carbocycles. The molecule has 2 N–H and O–H groups in total. The van der Waals surface area contributed by atoms with E-state index in [0.717, 1.165) is 10.7 Å². The molecule has 0 aromatic heterocycles. The van der Waals surface area contributed by atoms with Gasteiger partial charge in [0.2, 0.25) is 10.0 Å². The van der Waals surface area contributed by atoms with Crippen molar-refractivity contribution in [2.45, 2.75) is 45.8 Å². The second-order valence-electron chi connectivity index (χ2n) is 5.96. The van der Waals surface area contributed by atoms with Crippen LogP contribution in [0.3, 0.4) is 0 Å². The fourth-order valence-electron chi connectivity index (χ4n) is 2.05. The van der Waals surface area contributed by atoms with E-state index in [1.54, 1.807) is 0 Å². The topological polar surface area (TPSA) is 86.7 Å². The molecule has 0 saturated carbocycles. The SMILES string of the molecule is CCc1cc[c-]c(C)c1C.[CH2-]CN(C[CH2-])S(=O)(=O)C(C)(C)C(=O)NO.[Y+3]. The van der Waals surface area contributed by atoms with Crippen LogP contribution >= 0.6 is 0 Å². The fraction of sp³-hybridized carbons (Fsp3) is 0.500. The van der Waals surface area contributed by atoms with Crippen LogP contribution in [0.25, 0.3) is 0 Å². The normalized spacial score (nSPS) is 11.3. The number of hydrogen-bond acceptors (Lipinski definition) is 4. The van der Waals surface area contributed by atoms with Gasteiger partial charge in [-0.15, -0.1) is 13.1 Å². The Balaban J connectivity index is 0. The number of nitrogens with one attached hydrogen (secondary N) is 1. The standard InChI is InChI=1S/C10H13.C8H16N2O4S.Y/c1-4-10-7-5-6-8(2)9(10)3;1-5-10(6-2)15(13,14)8(3,4)7(11)9-12;/h5,7H,4H2,1-3H3;12H,1-2,5-6H2,3-4H3,(H,9,11);/q-1;-2;+3. The van der Waals surface area contributed by atoms with Gasteiger partial charge >= 0.3 is 32.7 Å². The van der Waals surface area contributed by atoms with Gasteiger partial charge in [0.1, 0.15) is 0 Å². The van der Waals surface area contributed by atoms with Crippen molar-refractivity contribution < 1.29 is 51.1 Å². The predicted molar refractivity (Wildman–Crippen MR) is 99.3 cm³/mol. The van der Waals surface area contributed by atoms with E-state index in [1.807, 2.05) is 6.07 Å². The molecule has 8 heteroatoms. The number of sulfonamides is 1. The van der Waals surface area contributed by atoms with Gasteiger partial charge in [0.25, 0.3) is 5.91 Å². The van der Waals surface area contributed by atoms with E-state index in [-0.39, 0.29) is 45.8 Å². The number of hydrogen-bond donors (Lipinski definition) is 2.